The summed E-state index contributed by atoms with van der Waals surface area (Å²) in [6.45, 7) is 9.31. The summed E-state index contributed by atoms with van der Waals surface area (Å²) >= 11 is 0. The largest absolute Gasteiger partial charge is 0.367 e. The van der Waals surface area contributed by atoms with Crippen LogP contribution >= 0.6 is 0 Å². The lowest BCUT2D eigenvalue weighted by molar-refractivity contribution is -0.164. The molecule has 0 spiro atoms. The average Bonchev–Trinajstić information content (AvgIpc) is 2.21. The van der Waals surface area contributed by atoms with Gasteiger partial charge in [0.15, 0.2) is 0 Å². The number of morpholine rings is 1. The van der Waals surface area contributed by atoms with Gasteiger partial charge in [0, 0.05) is 26.7 Å². The van der Waals surface area contributed by atoms with Crippen molar-refractivity contribution in [3.8, 4) is 0 Å². The lowest BCUT2D eigenvalue weighted by atomic mass is 10.0. The molecule has 0 radical (unpaired) electrons. The first-order valence-corrected chi connectivity index (χ1v) is 8.01. The van der Waals surface area contributed by atoms with Crippen molar-refractivity contribution in [3.05, 3.63) is 0 Å². The van der Waals surface area contributed by atoms with Gasteiger partial charge in [-0.2, -0.15) is 17.0 Å². The molecule has 7 heteroatoms. The quantitative estimate of drug-likeness (QED) is 0.796. The third kappa shape index (κ3) is 4.39. The number of ether oxygens (including phenoxy) is 1. The zero-order valence-electron chi connectivity index (χ0n) is 12.6. The van der Waals surface area contributed by atoms with Gasteiger partial charge in [-0.1, -0.05) is 0 Å². The molecule has 0 aliphatic carbocycles. The van der Waals surface area contributed by atoms with E-state index in [4.69, 9.17) is 10.5 Å². The van der Waals surface area contributed by atoms with Gasteiger partial charge in [-0.3, -0.25) is 0 Å². The zero-order chi connectivity index (χ0) is 14.9. The van der Waals surface area contributed by atoms with Crippen LogP contribution in [0.3, 0.4) is 0 Å². The van der Waals surface area contributed by atoms with Crippen LogP contribution in [0.25, 0.3) is 0 Å². The summed E-state index contributed by atoms with van der Waals surface area (Å²) in [6.07, 6.45) is 0.660. The van der Waals surface area contributed by atoms with Crippen molar-refractivity contribution in [2.45, 2.75) is 45.3 Å². The molecule has 1 rings (SSSR count). The van der Waals surface area contributed by atoms with E-state index in [0.29, 0.717) is 32.6 Å². The maximum Gasteiger partial charge on any atom is 0.281 e. The van der Waals surface area contributed by atoms with Crippen LogP contribution in [0.5, 0.6) is 0 Å². The summed E-state index contributed by atoms with van der Waals surface area (Å²) < 4.78 is 33.8. The molecule has 0 aromatic rings. The summed E-state index contributed by atoms with van der Waals surface area (Å²) in [6, 6.07) is 0. The van der Waals surface area contributed by atoms with Gasteiger partial charge in [0.2, 0.25) is 0 Å². The fourth-order valence-corrected chi connectivity index (χ4v) is 4.21. The number of nitrogens with zero attached hydrogens (tertiary/aromatic N) is 2. The Morgan fingerprint density at radius 1 is 1.21 bits per heavy atom. The van der Waals surface area contributed by atoms with Gasteiger partial charge in [-0.15, -0.1) is 0 Å². The maximum atomic E-state index is 12.5. The summed E-state index contributed by atoms with van der Waals surface area (Å²) in [5.74, 6) is 0. The van der Waals surface area contributed by atoms with Crippen LogP contribution in [0.4, 0.5) is 0 Å². The van der Waals surface area contributed by atoms with Gasteiger partial charge in [0.05, 0.1) is 11.2 Å². The molecule has 1 saturated heterocycles. The standard InChI is InChI=1S/C12H27N3O3S/c1-11(2)9-15(10-12(3,4)18-11)19(16,17)14(5)8-6-7-13/h6-10,13H2,1-5H3. The summed E-state index contributed by atoms with van der Waals surface area (Å²) in [4.78, 5) is 0. The molecule has 6 nitrogen and oxygen atoms in total. The highest BCUT2D eigenvalue weighted by atomic mass is 32.2. The Morgan fingerprint density at radius 3 is 2.11 bits per heavy atom. The molecular formula is C12H27N3O3S. The predicted molar refractivity (Wildman–Crippen MR) is 76.0 cm³/mol. The van der Waals surface area contributed by atoms with E-state index >= 15 is 0 Å². The SMILES string of the molecule is CN(CCCN)S(=O)(=O)N1CC(C)(C)OC(C)(C)C1. The van der Waals surface area contributed by atoms with Crippen molar-refractivity contribution in [2.24, 2.45) is 5.73 Å². The molecule has 0 aromatic carbocycles. The highest BCUT2D eigenvalue weighted by Crippen LogP contribution is 2.30. The van der Waals surface area contributed by atoms with Gasteiger partial charge in [0.25, 0.3) is 10.2 Å². The minimum atomic E-state index is -3.45. The van der Waals surface area contributed by atoms with Crippen LogP contribution < -0.4 is 5.73 Å². The fraction of sp³-hybridized carbons (Fsp3) is 1.00. The zero-order valence-corrected chi connectivity index (χ0v) is 13.5. The fourth-order valence-electron chi connectivity index (χ4n) is 2.51. The molecule has 0 atom stereocenters. The van der Waals surface area contributed by atoms with Crippen LogP contribution in [0.15, 0.2) is 0 Å². The lowest BCUT2D eigenvalue weighted by Gasteiger charge is -2.47. The highest BCUT2D eigenvalue weighted by molar-refractivity contribution is 7.86. The van der Waals surface area contributed by atoms with E-state index in [0.717, 1.165) is 0 Å². The van der Waals surface area contributed by atoms with E-state index in [9.17, 15) is 8.42 Å². The van der Waals surface area contributed by atoms with Crippen molar-refractivity contribution in [3.63, 3.8) is 0 Å². The first kappa shape index (κ1) is 16.8. The van der Waals surface area contributed by atoms with Crippen molar-refractivity contribution in [1.82, 2.24) is 8.61 Å². The number of rotatable bonds is 5. The van der Waals surface area contributed by atoms with Gasteiger partial charge in [-0.25, -0.2) is 0 Å². The predicted octanol–water partition coefficient (Wildman–Crippen LogP) is 0.401. The van der Waals surface area contributed by atoms with E-state index in [2.05, 4.69) is 0 Å². The maximum absolute atomic E-state index is 12.5. The van der Waals surface area contributed by atoms with Crippen LogP contribution in [-0.4, -0.2) is 61.5 Å². The third-order valence-corrected chi connectivity index (χ3v) is 4.95. The van der Waals surface area contributed by atoms with Crippen LogP contribution in [0.2, 0.25) is 0 Å². The second kappa shape index (κ2) is 5.65. The first-order valence-electron chi connectivity index (χ1n) is 6.62. The number of nitrogens with two attached hydrogens (primary N) is 1. The van der Waals surface area contributed by atoms with Crippen molar-refractivity contribution in [1.29, 1.82) is 0 Å². The van der Waals surface area contributed by atoms with Crippen LogP contribution in [0.1, 0.15) is 34.1 Å². The van der Waals surface area contributed by atoms with Gasteiger partial charge in [0.1, 0.15) is 0 Å². The topological polar surface area (TPSA) is 75.9 Å². The van der Waals surface area contributed by atoms with Crippen molar-refractivity contribution in [2.75, 3.05) is 33.2 Å². The van der Waals surface area contributed by atoms with E-state index in [1.165, 1.54) is 8.61 Å². The van der Waals surface area contributed by atoms with Gasteiger partial charge in [-0.05, 0) is 40.7 Å². The lowest BCUT2D eigenvalue weighted by Crippen LogP contribution is -2.60. The molecular weight excluding hydrogens is 266 g/mol. The Hall–Kier alpha value is -0.210. The molecule has 0 unspecified atom stereocenters. The molecule has 1 aliphatic rings. The van der Waals surface area contributed by atoms with Crippen LogP contribution in [-0.2, 0) is 14.9 Å². The molecule has 0 aromatic heterocycles. The van der Waals surface area contributed by atoms with Crippen LogP contribution in [0, 0.1) is 0 Å². The Balaban J connectivity index is 2.88. The molecule has 1 fully saturated rings. The van der Waals surface area contributed by atoms with Gasteiger partial charge >= 0.3 is 0 Å². The van der Waals surface area contributed by atoms with E-state index in [1.54, 1.807) is 7.05 Å². The molecule has 2 N–H and O–H groups in total. The monoisotopic (exact) mass is 293 g/mol. The second-order valence-electron chi connectivity index (χ2n) is 6.36. The molecule has 19 heavy (non-hydrogen) atoms. The van der Waals surface area contributed by atoms with E-state index in [1.807, 2.05) is 27.7 Å². The third-order valence-electron chi connectivity index (χ3n) is 3.06. The molecule has 1 heterocycles. The normalized spacial score (nSPS) is 23.7. The number of hydrogen-bond donors (Lipinski definition) is 1. The minimum absolute atomic E-state index is 0.367. The van der Waals surface area contributed by atoms with Crippen molar-refractivity contribution >= 4 is 10.2 Å². The molecule has 1 aliphatic heterocycles. The van der Waals surface area contributed by atoms with E-state index < -0.39 is 21.4 Å². The number of hydrogen-bond acceptors (Lipinski definition) is 4. The average molecular weight is 293 g/mol. The Labute approximate surface area is 117 Å². The molecule has 0 bridgehead atoms. The Bertz CT molecular complexity index is 390. The Kier molecular flexibility index (Phi) is 5.01. The summed E-state index contributed by atoms with van der Waals surface area (Å²) in [7, 11) is -1.85. The second-order valence-corrected chi connectivity index (χ2v) is 8.40. The first-order chi connectivity index (χ1) is 8.50. The summed E-state index contributed by atoms with van der Waals surface area (Å²) in [5, 5.41) is 0. The molecule has 0 saturated carbocycles. The van der Waals surface area contributed by atoms with Gasteiger partial charge < -0.3 is 10.5 Å². The van der Waals surface area contributed by atoms with Crippen molar-refractivity contribution < 1.29 is 13.2 Å². The Morgan fingerprint density at radius 2 is 1.68 bits per heavy atom. The smallest absolute Gasteiger partial charge is 0.281 e. The van der Waals surface area contributed by atoms with E-state index in [-0.39, 0.29) is 0 Å². The summed E-state index contributed by atoms with van der Waals surface area (Å²) in [5.41, 5.74) is 4.46. The molecule has 114 valence electrons. The molecule has 0 amide bonds. The highest BCUT2D eigenvalue weighted by Gasteiger charge is 2.43. The minimum Gasteiger partial charge on any atom is -0.367 e.